The molecule has 0 heterocycles. The first-order chi connectivity index (χ1) is 8.47. The lowest BCUT2D eigenvalue weighted by atomic mass is 9.82. The molecule has 2 amide bonds. The number of carbonyl (C=O) groups is 2. The van der Waals surface area contributed by atoms with Crippen LogP contribution in [0.2, 0.25) is 0 Å². The van der Waals surface area contributed by atoms with Crippen molar-refractivity contribution in [1.29, 1.82) is 0 Å². The minimum Gasteiger partial charge on any atom is -0.480 e. The zero-order valence-electron chi connectivity index (χ0n) is 12.3. The van der Waals surface area contributed by atoms with Gasteiger partial charge in [0.05, 0.1) is 0 Å². The Bertz CT molecular complexity index is 375. The van der Waals surface area contributed by atoms with Gasteiger partial charge >= 0.3 is 12.0 Å². The molecule has 0 aromatic carbocycles. The molecule has 0 aliphatic rings. The number of urea groups is 1. The molecule has 0 aliphatic heterocycles. The first kappa shape index (κ1) is 17.3. The van der Waals surface area contributed by atoms with E-state index in [1.165, 1.54) is 0 Å². The van der Waals surface area contributed by atoms with Crippen molar-refractivity contribution in [3.05, 3.63) is 0 Å². The van der Waals surface area contributed by atoms with E-state index >= 15 is 0 Å². The average molecular weight is 268 g/mol. The predicted octanol–water partition coefficient (Wildman–Crippen LogP) is 1.98. The van der Waals surface area contributed by atoms with Crippen molar-refractivity contribution < 1.29 is 14.7 Å². The molecule has 0 aromatic heterocycles. The molecule has 0 rings (SSSR count). The van der Waals surface area contributed by atoms with E-state index in [0.717, 1.165) is 6.42 Å². The maximum Gasteiger partial charge on any atom is 0.327 e. The molecule has 0 radical (unpaired) electrons. The number of rotatable bonds is 5. The highest BCUT2D eigenvalue weighted by Crippen LogP contribution is 2.26. The predicted molar refractivity (Wildman–Crippen MR) is 74.7 cm³/mol. The van der Waals surface area contributed by atoms with E-state index in [1.807, 2.05) is 13.8 Å². The lowest BCUT2D eigenvalue weighted by molar-refractivity contribution is -0.139. The number of carboxylic acids is 1. The van der Waals surface area contributed by atoms with Crippen LogP contribution in [0.4, 0.5) is 4.79 Å². The second kappa shape index (κ2) is 6.46. The van der Waals surface area contributed by atoms with E-state index in [1.54, 1.807) is 0 Å². The summed E-state index contributed by atoms with van der Waals surface area (Å²) >= 11 is 0. The molecule has 0 aromatic rings. The molecular formula is C14H24N2O3. The lowest BCUT2D eigenvalue weighted by Gasteiger charge is -2.33. The normalized spacial score (nSPS) is 13.3. The Labute approximate surface area is 115 Å². The van der Waals surface area contributed by atoms with Crippen LogP contribution in [-0.4, -0.2) is 28.7 Å². The third kappa shape index (κ3) is 8.09. The Kier molecular flexibility index (Phi) is 5.88. The van der Waals surface area contributed by atoms with Gasteiger partial charge in [-0.15, -0.1) is 12.3 Å². The summed E-state index contributed by atoms with van der Waals surface area (Å²) < 4.78 is 0. The summed E-state index contributed by atoms with van der Waals surface area (Å²) in [6, 6.07) is -1.58. The number of amides is 2. The molecule has 0 saturated carbocycles. The maximum atomic E-state index is 11.8. The van der Waals surface area contributed by atoms with E-state index in [4.69, 9.17) is 11.5 Å². The molecule has 5 nitrogen and oxygen atoms in total. The van der Waals surface area contributed by atoms with E-state index in [9.17, 15) is 9.59 Å². The Hall–Kier alpha value is -1.70. The summed E-state index contributed by atoms with van der Waals surface area (Å²) in [5, 5.41) is 14.0. The van der Waals surface area contributed by atoms with Gasteiger partial charge in [0.1, 0.15) is 6.04 Å². The van der Waals surface area contributed by atoms with Crippen molar-refractivity contribution in [1.82, 2.24) is 10.6 Å². The Morgan fingerprint density at radius 1 is 1.26 bits per heavy atom. The molecule has 0 spiro atoms. The van der Waals surface area contributed by atoms with Crippen LogP contribution in [0.3, 0.4) is 0 Å². The van der Waals surface area contributed by atoms with Gasteiger partial charge in [0.2, 0.25) is 0 Å². The van der Waals surface area contributed by atoms with Crippen LogP contribution in [0.1, 0.15) is 47.5 Å². The third-order valence-electron chi connectivity index (χ3n) is 2.35. The van der Waals surface area contributed by atoms with Crippen LogP contribution < -0.4 is 10.6 Å². The van der Waals surface area contributed by atoms with Gasteiger partial charge in [0.25, 0.3) is 0 Å². The lowest BCUT2D eigenvalue weighted by Crippen LogP contribution is -2.53. The first-order valence-electron chi connectivity index (χ1n) is 6.22. The first-order valence-corrected chi connectivity index (χ1v) is 6.22. The summed E-state index contributed by atoms with van der Waals surface area (Å²) in [5.74, 6) is 1.09. The van der Waals surface area contributed by atoms with E-state index in [2.05, 4.69) is 37.3 Å². The number of terminal acetylenes is 1. The molecule has 108 valence electrons. The monoisotopic (exact) mass is 268 g/mol. The van der Waals surface area contributed by atoms with Crippen molar-refractivity contribution in [3.63, 3.8) is 0 Å². The summed E-state index contributed by atoms with van der Waals surface area (Å²) in [5.41, 5.74) is -0.372. The summed E-state index contributed by atoms with van der Waals surface area (Å²) in [6.07, 6.45) is 5.79. The minimum absolute atomic E-state index is 0.0392. The Morgan fingerprint density at radius 3 is 2.16 bits per heavy atom. The molecule has 5 heteroatoms. The summed E-state index contributed by atoms with van der Waals surface area (Å²) in [4.78, 5) is 22.7. The van der Waals surface area contributed by atoms with Crippen molar-refractivity contribution in [2.24, 2.45) is 5.41 Å². The third-order valence-corrected chi connectivity index (χ3v) is 2.35. The second-order valence-corrected chi connectivity index (χ2v) is 6.52. The molecule has 19 heavy (non-hydrogen) atoms. The number of carbonyl (C=O) groups excluding carboxylic acids is 1. The smallest absolute Gasteiger partial charge is 0.327 e. The fourth-order valence-corrected chi connectivity index (χ4v) is 2.19. The number of carboxylic acid groups (broad SMARTS) is 1. The SMILES string of the molecule is C#CCC(NC(=O)NC(C)(C)CC(C)(C)C)C(=O)O. The highest BCUT2D eigenvalue weighted by atomic mass is 16.4. The Morgan fingerprint density at radius 2 is 1.79 bits per heavy atom. The fraction of sp³-hybridized carbons (Fsp3) is 0.714. The molecule has 1 unspecified atom stereocenters. The van der Waals surface area contributed by atoms with Crippen molar-refractivity contribution in [2.45, 2.75) is 59.0 Å². The van der Waals surface area contributed by atoms with Crippen molar-refractivity contribution >= 4 is 12.0 Å². The average Bonchev–Trinajstić information content (AvgIpc) is 2.11. The zero-order valence-corrected chi connectivity index (χ0v) is 12.3. The highest BCUT2D eigenvalue weighted by Gasteiger charge is 2.28. The van der Waals surface area contributed by atoms with E-state index in [-0.39, 0.29) is 11.8 Å². The van der Waals surface area contributed by atoms with Crippen LogP contribution in [0.5, 0.6) is 0 Å². The number of nitrogens with one attached hydrogen (secondary N) is 2. The minimum atomic E-state index is -1.14. The van der Waals surface area contributed by atoms with Gasteiger partial charge in [-0.05, 0) is 25.7 Å². The second-order valence-electron chi connectivity index (χ2n) is 6.52. The summed E-state index contributed by atoms with van der Waals surface area (Å²) in [7, 11) is 0. The van der Waals surface area contributed by atoms with Crippen LogP contribution in [0, 0.1) is 17.8 Å². The van der Waals surface area contributed by atoms with Gasteiger partial charge in [0.15, 0.2) is 0 Å². The Balaban J connectivity index is 4.52. The molecular weight excluding hydrogens is 244 g/mol. The van der Waals surface area contributed by atoms with Gasteiger partial charge in [0, 0.05) is 12.0 Å². The molecule has 1 atom stereocenters. The van der Waals surface area contributed by atoms with Gasteiger partial charge < -0.3 is 15.7 Å². The zero-order chi connectivity index (χ0) is 15.3. The molecule has 3 N–H and O–H groups in total. The van der Waals surface area contributed by atoms with Gasteiger partial charge in [-0.3, -0.25) is 0 Å². The van der Waals surface area contributed by atoms with Crippen LogP contribution in [0.25, 0.3) is 0 Å². The largest absolute Gasteiger partial charge is 0.480 e. The molecule has 0 fully saturated rings. The number of aliphatic carboxylic acids is 1. The van der Waals surface area contributed by atoms with Gasteiger partial charge in [-0.1, -0.05) is 20.8 Å². The number of hydrogen-bond acceptors (Lipinski definition) is 2. The maximum absolute atomic E-state index is 11.8. The quantitative estimate of drug-likeness (QED) is 0.667. The highest BCUT2D eigenvalue weighted by molar-refractivity contribution is 5.83. The molecule has 0 bridgehead atoms. The van der Waals surface area contributed by atoms with Crippen molar-refractivity contribution in [3.8, 4) is 12.3 Å². The molecule has 0 saturated heterocycles. The van der Waals surface area contributed by atoms with Gasteiger partial charge in [-0.2, -0.15) is 0 Å². The number of hydrogen-bond donors (Lipinski definition) is 3. The van der Waals surface area contributed by atoms with Crippen LogP contribution in [0.15, 0.2) is 0 Å². The summed E-state index contributed by atoms with van der Waals surface area (Å²) in [6.45, 7) is 10.0. The van der Waals surface area contributed by atoms with Crippen LogP contribution in [-0.2, 0) is 4.79 Å². The topological polar surface area (TPSA) is 78.4 Å². The van der Waals surface area contributed by atoms with Crippen molar-refractivity contribution in [2.75, 3.05) is 0 Å². The fourth-order valence-electron chi connectivity index (χ4n) is 2.19. The van der Waals surface area contributed by atoms with E-state index < -0.39 is 23.6 Å². The standard InChI is InChI=1S/C14H24N2O3/c1-7-8-10(11(17)18)15-12(19)16-14(5,6)9-13(2,3)4/h1,10H,8-9H2,2-6H3,(H,17,18)(H2,15,16,19). The van der Waals surface area contributed by atoms with Gasteiger partial charge in [-0.25, -0.2) is 9.59 Å². The molecule has 0 aliphatic carbocycles. The van der Waals surface area contributed by atoms with Crippen LogP contribution >= 0.6 is 0 Å². The van der Waals surface area contributed by atoms with E-state index in [0.29, 0.717) is 0 Å².